The number of hydrogen-bond acceptors (Lipinski definition) is 6. The number of anilines is 1. The highest BCUT2D eigenvalue weighted by Gasteiger charge is 2.13. The van der Waals surface area contributed by atoms with Crippen LogP contribution in [0.4, 0.5) is 5.95 Å². The molecule has 1 aliphatic rings. The minimum atomic E-state index is 0.274. The summed E-state index contributed by atoms with van der Waals surface area (Å²) in [5.41, 5.74) is 1.89. The van der Waals surface area contributed by atoms with Gasteiger partial charge in [-0.3, -0.25) is 0 Å². The Morgan fingerprint density at radius 3 is 3.00 bits per heavy atom. The fraction of sp³-hybridized carbons (Fsp3) is 0.286. The molecule has 0 spiro atoms. The molecule has 1 aromatic carbocycles. The summed E-state index contributed by atoms with van der Waals surface area (Å²) in [5, 5.41) is 2.89. The molecule has 104 valence electrons. The highest BCUT2D eigenvalue weighted by molar-refractivity contribution is 5.44. The smallest absolute Gasteiger partial charge is 0.231 e. The van der Waals surface area contributed by atoms with E-state index in [0.29, 0.717) is 18.4 Å². The van der Waals surface area contributed by atoms with Crippen LogP contribution in [0.1, 0.15) is 11.1 Å². The monoisotopic (exact) mass is 273 g/mol. The average Bonchev–Trinajstić information content (AvgIpc) is 2.94. The van der Waals surface area contributed by atoms with Gasteiger partial charge < -0.3 is 19.5 Å². The lowest BCUT2D eigenvalue weighted by Gasteiger charge is -2.09. The van der Waals surface area contributed by atoms with Crippen LogP contribution in [0.2, 0.25) is 0 Å². The molecule has 6 nitrogen and oxygen atoms in total. The second-order valence-electron chi connectivity index (χ2n) is 4.41. The number of benzene rings is 1. The third-order valence-electron chi connectivity index (χ3n) is 2.96. The highest BCUT2D eigenvalue weighted by atomic mass is 16.7. The van der Waals surface area contributed by atoms with Gasteiger partial charge >= 0.3 is 0 Å². The molecule has 20 heavy (non-hydrogen) atoms. The van der Waals surface area contributed by atoms with E-state index in [4.69, 9.17) is 14.2 Å². The zero-order valence-electron chi connectivity index (χ0n) is 11.3. The maximum absolute atomic E-state index is 5.74. The molecule has 0 radical (unpaired) electrons. The van der Waals surface area contributed by atoms with Gasteiger partial charge in [0, 0.05) is 18.8 Å². The molecule has 1 N–H and O–H groups in total. The first-order valence-corrected chi connectivity index (χ1v) is 6.29. The van der Waals surface area contributed by atoms with Crippen molar-refractivity contribution in [3.05, 3.63) is 35.5 Å². The van der Waals surface area contributed by atoms with E-state index in [1.807, 2.05) is 25.1 Å². The van der Waals surface area contributed by atoms with Crippen LogP contribution in [0, 0.1) is 6.92 Å². The second-order valence-corrected chi connectivity index (χ2v) is 4.41. The van der Waals surface area contributed by atoms with Crippen LogP contribution in [-0.4, -0.2) is 23.8 Å². The van der Waals surface area contributed by atoms with E-state index < -0.39 is 0 Å². The van der Waals surface area contributed by atoms with Gasteiger partial charge in [-0.25, -0.2) is 4.98 Å². The molecular formula is C14H15N3O3. The summed E-state index contributed by atoms with van der Waals surface area (Å²) in [4.78, 5) is 8.40. The van der Waals surface area contributed by atoms with Gasteiger partial charge in [0.1, 0.15) is 6.61 Å². The highest BCUT2D eigenvalue weighted by Crippen LogP contribution is 2.32. The van der Waals surface area contributed by atoms with Crippen molar-refractivity contribution in [3.63, 3.8) is 0 Å². The van der Waals surface area contributed by atoms with Gasteiger partial charge in [0.25, 0.3) is 0 Å². The Morgan fingerprint density at radius 2 is 2.15 bits per heavy atom. The van der Waals surface area contributed by atoms with Gasteiger partial charge in [0.05, 0.1) is 0 Å². The Hall–Kier alpha value is -2.50. The standard InChI is InChI=1S/C14H15N3O3/c1-9-6-16-14(15-2)17-13(9)18-7-10-3-4-11-12(5-10)20-8-19-11/h3-6H,7-8H2,1-2H3,(H,15,16,17). The summed E-state index contributed by atoms with van der Waals surface area (Å²) in [6.45, 7) is 2.60. The minimum absolute atomic E-state index is 0.274. The third-order valence-corrected chi connectivity index (χ3v) is 2.96. The third kappa shape index (κ3) is 2.45. The zero-order valence-corrected chi connectivity index (χ0v) is 11.3. The number of nitrogens with one attached hydrogen (secondary N) is 1. The molecule has 0 unspecified atom stereocenters. The molecule has 0 fully saturated rings. The topological polar surface area (TPSA) is 65.5 Å². The van der Waals surface area contributed by atoms with Crippen LogP contribution in [0.25, 0.3) is 0 Å². The average molecular weight is 273 g/mol. The summed E-state index contributed by atoms with van der Waals surface area (Å²) in [6, 6.07) is 5.74. The van der Waals surface area contributed by atoms with Crippen molar-refractivity contribution in [2.24, 2.45) is 0 Å². The van der Waals surface area contributed by atoms with Crippen LogP contribution in [0.3, 0.4) is 0 Å². The molecular weight excluding hydrogens is 258 g/mol. The van der Waals surface area contributed by atoms with Crippen molar-refractivity contribution in [1.29, 1.82) is 0 Å². The summed E-state index contributed by atoms with van der Waals surface area (Å²) in [5.74, 6) is 2.63. The SMILES string of the molecule is CNc1ncc(C)c(OCc2ccc3c(c2)OCO3)n1. The first-order chi connectivity index (χ1) is 9.76. The van der Waals surface area contributed by atoms with Gasteiger partial charge in [-0.15, -0.1) is 0 Å². The van der Waals surface area contributed by atoms with E-state index in [9.17, 15) is 0 Å². The number of aromatic nitrogens is 2. The van der Waals surface area contributed by atoms with Gasteiger partial charge in [-0.05, 0) is 24.6 Å². The van der Waals surface area contributed by atoms with Crippen molar-refractivity contribution >= 4 is 5.95 Å². The van der Waals surface area contributed by atoms with E-state index >= 15 is 0 Å². The molecule has 0 amide bonds. The number of fused-ring (bicyclic) bond motifs is 1. The van der Waals surface area contributed by atoms with E-state index in [0.717, 1.165) is 22.6 Å². The fourth-order valence-electron chi connectivity index (χ4n) is 1.88. The predicted molar refractivity (Wildman–Crippen MR) is 73.2 cm³/mol. The molecule has 2 aromatic rings. The Balaban J connectivity index is 1.73. The van der Waals surface area contributed by atoms with E-state index in [2.05, 4.69) is 15.3 Å². The molecule has 2 heterocycles. The molecule has 0 bridgehead atoms. The summed E-state index contributed by atoms with van der Waals surface area (Å²) >= 11 is 0. The van der Waals surface area contributed by atoms with Gasteiger partial charge in [-0.2, -0.15) is 4.98 Å². The minimum Gasteiger partial charge on any atom is -0.472 e. The number of ether oxygens (including phenoxy) is 3. The quantitative estimate of drug-likeness (QED) is 0.920. The Bertz CT molecular complexity index is 631. The summed E-state index contributed by atoms with van der Waals surface area (Å²) in [7, 11) is 1.77. The van der Waals surface area contributed by atoms with Crippen molar-refractivity contribution in [2.75, 3.05) is 19.2 Å². The zero-order chi connectivity index (χ0) is 13.9. The Morgan fingerprint density at radius 1 is 1.30 bits per heavy atom. The molecule has 1 aliphatic heterocycles. The van der Waals surface area contributed by atoms with Gasteiger partial charge in [0.15, 0.2) is 11.5 Å². The largest absolute Gasteiger partial charge is 0.472 e. The predicted octanol–water partition coefficient (Wildman–Crippen LogP) is 2.13. The van der Waals surface area contributed by atoms with Gasteiger partial charge in [0.2, 0.25) is 18.6 Å². The van der Waals surface area contributed by atoms with Crippen LogP contribution in [0.15, 0.2) is 24.4 Å². The maximum Gasteiger partial charge on any atom is 0.231 e. The molecule has 0 saturated heterocycles. The number of nitrogens with zero attached hydrogens (tertiary/aromatic N) is 2. The molecule has 0 saturated carbocycles. The molecule has 0 aliphatic carbocycles. The number of rotatable bonds is 4. The maximum atomic E-state index is 5.74. The van der Waals surface area contributed by atoms with Crippen molar-refractivity contribution < 1.29 is 14.2 Å². The Labute approximate surface area is 116 Å². The van der Waals surface area contributed by atoms with Crippen LogP contribution >= 0.6 is 0 Å². The van der Waals surface area contributed by atoms with Crippen molar-refractivity contribution in [1.82, 2.24) is 9.97 Å². The first-order valence-electron chi connectivity index (χ1n) is 6.29. The van der Waals surface area contributed by atoms with Crippen molar-refractivity contribution in [2.45, 2.75) is 13.5 Å². The summed E-state index contributed by atoms with van der Waals surface area (Å²) in [6.07, 6.45) is 1.73. The Kier molecular flexibility index (Phi) is 3.28. The lowest BCUT2D eigenvalue weighted by Crippen LogP contribution is -2.03. The van der Waals surface area contributed by atoms with Crippen LogP contribution in [0.5, 0.6) is 17.4 Å². The summed E-state index contributed by atoms with van der Waals surface area (Å²) < 4.78 is 16.3. The number of aryl methyl sites for hydroxylation is 1. The second kappa shape index (κ2) is 5.24. The molecule has 3 rings (SSSR count). The van der Waals surface area contributed by atoms with Crippen LogP contribution < -0.4 is 19.5 Å². The van der Waals surface area contributed by atoms with Crippen LogP contribution in [-0.2, 0) is 6.61 Å². The fourth-order valence-corrected chi connectivity index (χ4v) is 1.88. The van der Waals surface area contributed by atoms with E-state index in [-0.39, 0.29) is 6.79 Å². The normalized spacial score (nSPS) is 12.3. The molecule has 1 aromatic heterocycles. The lowest BCUT2D eigenvalue weighted by molar-refractivity contribution is 0.174. The first kappa shape index (κ1) is 12.5. The van der Waals surface area contributed by atoms with Crippen molar-refractivity contribution in [3.8, 4) is 17.4 Å². The van der Waals surface area contributed by atoms with E-state index in [1.165, 1.54) is 0 Å². The number of hydrogen-bond donors (Lipinski definition) is 1. The van der Waals surface area contributed by atoms with Gasteiger partial charge in [-0.1, -0.05) is 6.07 Å². The lowest BCUT2D eigenvalue weighted by atomic mass is 10.2. The molecule has 6 heteroatoms. The van der Waals surface area contributed by atoms with E-state index in [1.54, 1.807) is 13.2 Å². The molecule has 0 atom stereocenters.